The summed E-state index contributed by atoms with van der Waals surface area (Å²) in [5.74, 6) is -1.14. The predicted octanol–water partition coefficient (Wildman–Crippen LogP) is 0.975. The molecule has 0 aromatic rings. The second-order valence-electron chi connectivity index (χ2n) is 5.88. The van der Waals surface area contributed by atoms with E-state index in [-0.39, 0.29) is 0 Å². The molecule has 0 aromatic heterocycles. The van der Waals surface area contributed by atoms with Crippen LogP contribution in [-0.2, 0) is 9.59 Å². The Balaban J connectivity index is 4.58. The van der Waals surface area contributed by atoms with Crippen molar-refractivity contribution in [3.05, 3.63) is 0 Å². The predicted molar refractivity (Wildman–Crippen MR) is 66.5 cm³/mol. The molecule has 0 bridgehead atoms. The lowest BCUT2D eigenvalue weighted by Gasteiger charge is -2.29. The van der Waals surface area contributed by atoms with Crippen molar-refractivity contribution >= 4 is 11.9 Å². The van der Waals surface area contributed by atoms with E-state index in [1.165, 1.54) is 0 Å². The molecule has 4 N–H and O–H groups in total. The SMILES string of the molecule is CC(C)CC(N)C(=O)N[C@@H](C(=O)O)C(C)(C)C. The Bertz CT molecular complexity index is 282. The van der Waals surface area contributed by atoms with Crippen molar-refractivity contribution in [3.8, 4) is 0 Å². The number of aliphatic carboxylic acids is 1. The molecule has 100 valence electrons. The van der Waals surface area contributed by atoms with E-state index < -0.39 is 29.4 Å². The molecule has 0 saturated heterocycles. The zero-order valence-electron chi connectivity index (χ0n) is 11.3. The smallest absolute Gasteiger partial charge is 0.326 e. The summed E-state index contributed by atoms with van der Waals surface area (Å²) >= 11 is 0. The Kier molecular flexibility index (Phi) is 5.61. The third-order valence-corrected chi connectivity index (χ3v) is 2.46. The second kappa shape index (κ2) is 6.00. The molecule has 0 aliphatic rings. The molecular weight excluding hydrogens is 220 g/mol. The van der Waals surface area contributed by atoms with E-state index in [1.54, 1.807) is 20.8 Å². The Morgan fingerprint density at radius 3 is 2.06 bits per heavy atom. The first-order chi connectivity index (χ1) is 7.55. The fraction of sp³-hybridized carbons (Fsp3) is 0.833. The molecule has 0 radical (unpaired) electrons. The van der Waals surface area contributed by atoms with E-state index in [4.69, 9.17) is 10.8 Å². The van der Waals surface area contributed by atoms with Gasteiger partial charge < -0.3 is 16.2 Å². The van der Waals surface area contributed by atoms with E-state index in [9.17, 15) is 9.59 Å². The zero-order chi connectivity index (χ0) is 13.8. The zero-order valence-corrected chi connectivity index (χ0v) is 11.3. The third kappa shape index (κ3) is 5.68. The maximum Gasteiger partial charge on any atom is 0.326 e. The number of rotatable bonds is 5. The van der Waals surface area contributed by atoms with Crippen LogP contribution in [0, 0.1) is 11.3 Å². The van der Waals surface area contributed by atoms with E-state index in [0.29, 0.717) is 12.3 Å². The summed E-state index contributed by atoms with van der Waals surface area (Å²) in [6, 6.07) is -1.58. The van der Waals surface area contributed by atoms with Crippen LogP contribution in [0.1, 0.15) is 41.0 Å². The van der Waals surface area contributed by atoms with Gasteiger partial charge in [-0.05, 0) is 17.8 Å². The van der Waals surface area contributed by atoms with Crippen LogP contribution in [0.2, 0.25) is 0 Å². The van der Waals surface area contributed by atoms with Crippen molar-refractivity contribution in [1.82, 2.24) is 5.32 Å². The van der Waals surface area contributed by atoms with Gasteiger partial charge in [0.25, 0.3) is 0 Å². The maximum atomic E-state index is 11.7. The summed E-state index contributed by atoms with van der Waals surface area (Å²) in [4.78, 5) is 22.8. The van der Waals surface area contributed by atoms with Gasteiger partial charge in [-0.15, -0.1) is 0 Å². The Labute approximate surface area is 103 Å². The van der Waals surface area contributed by atoms with Gasteiger partial charge in [0.1, 0.15) is 6.04 Å². The Morgan fingerprint density at radius 2 is 1.76 bits per heavy atom. The standard InChI is InChI=1S/C12H24N2O3/c1-7(2)6-8(13)10(15)14-9(11(16)17)12(3,4)5/h7-9H,6,13H2,1-5H3,(H,14,15)(H,16,17)/t8?,9-/m0/s1. The number of carboxylic acid groups (broad SMARTS) is 1. The van der Waals surface area contributed by atoms with Crippen molar-refractivity contribution in [3.63, 3.8) is 0 Å². The lowest BCUT2D eigenvalue weighted by atomic mass is 9.86. The molecule has 1 amide bonds. The lowest BCUT2D eigenvalue weighted by Crippen LogP contribution is -2.53. The third-order valence-electron chi connectivity index (χ3n) is 2.46. The molecule has 0 fully saturated rings. The van der Waals surface area contributed by atoms with E-state index >= 15 is 0 Å². The largest absolute Gasteiger partial charge is 0.480 e. The van der Waals surface area contributed by atoms with Gasteiger partial charge in [0.2, 0.25) is 5.91 Å². The molecule has 5 heteroatoms. The number of carbonyl (C=O) groups excluding carboxylic acids is 1. The average molecular weight is 244 g/mol. The number of nitrogens with one attached hydrogen (secondary N) is 1. The van der Waals surface area contributed by atoms with E-state index in [1.807, 2.05) is 13.8 Å². The summed E-state index contributed by atoms with van der Waals surface area (Å²) in [5, 5.41) is 11.6. The highest BCUT2D eigenvalue weighted by molar-refractivity contribution is 5.87. The molecule has 0 aliphatic carbocycles. The van der Waals surface area contributed by atoms with Crippen molar-refractivity contribution in [2.24, 2.45) is 17.1 Å². The van der Waals surface area contributed by atoms with Crippen LogP contribution in [0.3, 0.4) is 0 Å². The van der Waals surface area contributed by atoms with Gasteiger partial charge in [-0.1, -0.05) is 34.6 Å². The number of hydrogen-bond acceptors (Lipinski definition) is 3. The topological polar surface area (TPSA) is 92.4 Å². The molecule has 17 heavy (non-hydrogen) atoms. The van der Waals surface area contributed by atoms with Gasteiger partial charge in [-0.3, -0.25) is 4.79 Å². The minimum atomic E-state index is -1.04. The maximum absolute atomic E-state index is 11.7. The number of nitrogens with two attached hydrogens (primary N) is 1. The van der Waals surface area contributed by atoms with Crippen LogP contribution in [0.4, 0.5) is 0 Å². The highest BCUT2D eigenvalue weighted by Crippen LogP contribution is 2.19. The monoisotopic (exact) mass is 244 g/mol. The molecular formula is C12H24N2O3. The Hall–Kier alpha value is -1.10. The van der Waals surface area contributed by atoms with E-state index in [0.717, 1.165) is 0 Å². The number of amides is 1. The lowest BCUT2D eigenvalue weighted by molar-refractivity contribution is -0.145. The van der Waals surface area contributed by atoms with Crippen LogP contribution in [-0.4, -0.2) is 29.1 Å². The molecule has 5 nitrogen and oxygen atoms in total. The summed E-state index contributed by atoms with van der Waals surface area (Å²) in [6.07, 6.45) is 0.544. The van der Waals surface area contributed by atoms with Gasteiger partial charge >= 0.3 is 5.97 Å². The normalized spacial score (nSPS) is 15.5. The minimum Gasteiger partial charge on any atom is -0.480 e. The number of hydrogen-bond donors (Lipinski definition) is 3. The number of carboxylic acids is 1. The van der Waals surface area contributed by atoms with Gasteiger partial charge in [-0.25, -0.2) is 4.79 Å². The fourth-order valence-corrected chi connectivity index (χ4v) is 1.51. The highest BCUT2D eigenvalue weighted by atomic mass is 16.4. The summed E-state index contributed by atoms with van der Waals surface area (Å²) in [7, 11) is 0. The van der Waals surface area contributed by atoms with Crippen molar-refractivity contribution in [1.29, 1.82) is 0 Å². The van der Waals surface area contributed by atoms with Crippen LogP contribution in [0.5, 0.6) is 0 Å². The van der Waals surface area contributed by atoms with Gasteiger partial charge in [0.05, 0.1) is 6.04 Å². The molecule has 0 aromatic carbocycles. The molecule has 0 rings (SSSR count). The van der Waals surface area contributed by atoms with Gasteiger partial charge in [0.15, 0.2) is 0 Å². The summed E-state index contributed by atoms with van der Waals surface area (Å²) in [6.45, 7) is 9.22. The average Bonchev–Trinajstić information content (AvgIpc) is 2.09. The quantitative estimate of drug-likeness (QED) is 0.672. The first-order valence-corrected chi connectivity index (χ1v) is 5.84. The van der Waals surface area contributed by atoms with Crippen molar-refractivity contribution in [2.75, 3.05) is 0 Å². The van der Waals surface area contributed by atoms with Crippen molar-refractivity contribution in [2.45, 2.75) is 53.1 Å². The van der Waals surface area contributed by atoms with Crippen molar-refractivity contribution < 1.29 is 14.7 Å². The second-order valence-corrected chi connectivity index (χ2v) is 5.88. The fourth-order valence-electron chi connectivity index (χ4n) is 1.51. The highest BCUT2D eigenvalue weighted by Gasteiger charge is 2.33. The van der Waals surface area contributed by atoms with Gasteiger partial charge in [-0.2, -0.15) is 0 Å². The van der Waals surface area contributed by atoms with Crippen LogP contribution >= 0.6 is 0 Å². The van der Waals surface area contributed by atoms with Crippen LogP contribution in [0.15, 0.2) is 0 Å². The van der Waals surface area contributed by atoms with E-state index in [2.05, 4.69) is 5.32 Å². The molecule has 0 aliphatic heterocycles. The summed E-state index contributed by atoms with van der Waals surface area (Å²) in [5.41, 5.74) is 5.16. The molecule has 1 unspecified atom stereocenters. The number of carbonyl (C=O) groups is 2. The first kappa shape index (κ1) is 15.9. The Morgan fingerprint density at radius 1 is 1.29 bits per heavy atom. The van der Waals surface area contributed by atoms with Crippen LogP contribution < -0.4 is 11.1 Å². The minimum absolute atomic E-state index is 0.300. The van der Waals surface area contributed by atoms with Gasteiger partial charge in [0, 0.05) is 0 Å². The molecule has 0 heterocycles. The molecule has 0 saturated carbocycles. The first-order valence-electron chi connectivity index (χ1n) is 5.84. The summed E-state index contributed by atoms with van der Waals surface area (Å²) < 4.78 is 0. The molecule has 0 spiro atoms. The molecule has 2 atom stereocenters. The van der Waals surface area contributed by atoms with Crippen LogP contribution in [0.25, 0.3) is 0 Å².